The lowest BCUT2D eigenvalue weighted by Crippen LogP contribution is -2.61. The molecule has 0 aliphatic carbocycles. The molecule has 35 nitrogen and oxygen atoms in total. The van der Waals surface area contributed by atoms with Crippen LogP contribution in [0.5, 0.6) is 0 Å². The van der Waals surface area contributed by atoms with Crippen molar-refractivity contribution in [2.24, 2.45) is 39.8 Å². The molecule has 0 spiro atoms. The van der Waals surface area contributed by atoms with Crippen LogP contribution in [-0.2, 0) is 81.6 Å². The van der Waals surface area contributed by atoms with Crippen LogP contribution in [0.3, 0.4) is 0 Å². The summed E-state index contributed by atoms with van der Waals surface area (Å²) in [6, 6.07) is -8.74. The average Bonchev–Trinajstić information content (AvgIpc) is 2.12. The molecule has 0 bridgehead atoms. The lowest BCUT2D eigenvalue weighted by atomic mass is 9.98. The Morgan fingerprint density at radius 3 is 1.67 bits per heavy atom. The van der Waals surface area contributed by atoms with E-state index in [-0.39, 0.29) is 56.1 Å². The number of hydrogen-bond acceptors (Lipinski definition) is 19. The number of aliphatic imine (C=N–C) groups is 1. The number of carbonyl (C=O) groups is 13. The number of fused-ring (bicyclic) bond motifs is 1. The van der Waals surface area contributed by atoms with E-state index in [2.05, 4.69) is 83.1 Å². The molecule has 11 amide bonds. The van der Waals surface area contributed by atoms with Crippen molar-refractivity contribution in [3.05, 3.63) is 72.5 Å². The van der Waals surface area contributed by atoms with Crippen LogP contribution in [0, 0.1) is 11.8 Å². The molecule has 23 N–H and O–H groups in total. The summed E-state index contributed by atoms with van der Waals surface area (Å²) in [7, 11) is 1.86. The van der Waals surface area contributed by atoms with Gasteiger partial charge in [-0.25, -0.2) is 14.8 Å². The minimum absolute atomic E-state index is 0.0277. The van der Waals surface area contributed by atoms with Crippen molar-refractivity contribution in [3.8, 4) is 0 Å². The van der Waals surface area contributed by atoms with Crippen LogP contribution >= 0.6 is 21.6 Å². The average molecular weight is 1340 g/mol. The number of guanidine groups is 1. The predicted molar refractivity (Wildman–Crippen MR) is 338 cm³/mol. The highest BCUT2D eigenvalue weighted by molar-refractivity contribution is 8.76. The molecule has 0 saturated carbocycles. The monoisotopic (exact) mass is 1340 g/mol. The third-order valence-electron chi connectivity index (χ3n) is 14.3. The second-order valence-electron chi connectivity index (χ2n) is 22.4. The molecule has 1 aliphatic rings. The highest BCUT2D eigenvalue weighted by Gasteiger charge is 2.37. The number of amides is 11. The number of aromatic nitrogens is 5. The number of H-pyrrole nitrogens is 3. The topological polar surface area (TPSA) is 572 Å². The Bertz CT molecular complexity index is 3310. The number of hydrogen-bond donors (Lipinski definition) is 19. The third-order valence-corrected chi connectivity index (χ3v) is 16.8. The maximum absolute atomic E-state index is 14.5. The van der Waals surface area contributed by atoms with Crippen LogP contribution in [-0.4, -0.2) is 203 Å². The van der Waals surface area contributed by atoms with E-state index in [0.29, 0.717) is 27.9 Å². The van der Waals surface area contributed by atoms with Crippen molar-refractivity contribution in [1.29, 1.82) is 0 Å². The van der Waals surface area contributed by atoms with Gasteiger partial charge in [0.1, 0.15) is 54.4 Å². The first kappa shape index (κ1) is 74.0. The van der Waals surface area contributed by atoms with Crippen molar-refractivity contribution >= 4 is 115 Å². The van der Waals surface area contributed by atoms with E-state index >= 15 is 0 Å². The fourth-order valence-corrected chi connectivity index (χ4v) is 11.6. The Balaban J connectivity index is 1.54. The maximum atomic E-state index is 14.5. The largest absolute Gasteiger partial charge is 0.481 e. The number of rotatable bonds is 18. The molecule has 1 fully saturated rings. The normalized spacial score (nSPS) is 23.8. The van der Waals surface area contributed by atoms with Gasteiger partial charge in [-0.3, -0.25) is 62.5 Å². The number of aliphatic carboxylic acids is 2. The van der Waals surface area contributed by atoms with E-state index in [4.69, 9.17) is 22.9 Å². The summed E-state index contributed by atoms with van der Waals surface area (Å²) >= 11 is 0. The summed E-state index contributed by atoms with van der Waals surface area (Å²) in [6.45, 7) is 5.37. The summed E-state index contributed by atoms with van der Waals surface area (Å²) in [5, 5.41) is 45.8. The number of imidazole rings is 2. The molecule has 3 aromatic heterocycles. The number of carbonyl (C=O) groups excluding carboxylic acids is 11. The van der Waals surface area contributed by atoms with E-state index in [1.807, 2.05) is 0 Å². The van der Waals surface area contributed by atoms with Gasteiger partial charge in [-0.1, -0.05) is 67.5 Å². The molecular formula is C56H80N20O15S2. The Morgan fingerprint density at radius 2 is 1.10 bits per heavy atom. The number of carboxylic acid groups (broad SMARTS) is 2. The molecule has 10 atom stereocenters. The highest BCUT2D eigenvalue weighted by atomic mass is 33.1. The van der Waals surface area contributed by atoms with Gasteiger partial charge in [0.2, 0.25) is 65.0 Å². The Kier molecular flexibility index (Phi) is 28.9. The van der Waals surface area contributed by atoms with Gasteiger partial charge in [0.05, 0.1) is 31.7 Å². The van der Waals surface area contributed by atoms with Gasteiger partial charge >= 0.3 is 11.9 Å². The standard InChI is InChI=1S/C56H80N20O15S2/c1-26(2)44-53(88)70-35(11-12-41(58)77)49(84)73-39(17-43(79)80)52(87)71-36(14-28-18-64-33-9-6-5-8-31(28)33)47(82)65-21-42(78)68-37(15-29-19-61-24-66-29)50(85)72-38(16-30-20-62-25-67-30)51(86)69-34(10-7-13-63-56(59)60)48(83)74-40(55(90)91)23-93-92-22-32(57)46(81)75-45(27(3)4)54(89)76-44/h5-6,8-9,18-20,24-27,32,34-40,44-45,64H,7,10-17,21-23,57H2,1-4H3,(H2,58,77)(H,61,66)(H,62,67)(H,65,82)(H,68,78)(H,69,86)(H,70,88)(H,71,87)(H,72,85)(H,73,84)(H,74,83)(H,75,81)(H,76,89)(H,79,80)(H,90,91)(H4,59,60,63)/t32-,34-,35-,36-,37-,38-,39-,40-,44-,45-/m0/s1. The molecule has 4 aromatic rings. The summed E-state index contributed by atoms with van der Waals surface area (Å²) in [5.74, 6) is -16.2. The molecule has 0 unspecified atom stereocenters. The number of benzene rings is 1. The van der Waals surface area contributed by atoms with Crippen LogP contribution in [0.2, 0.25) is 0 Å². The van der Waals surface area contributed by atoms with E-state index in [9.17, 15) is 72.5 Å². The number of nitrogens with zero attached hydrogens (tertiary/aromatic N) is 3. The fourth-order valence-electron chi connectivity index (χ4n) is 9.31. The Hall–Kier alpha value is -9.78. The van der Waals surface area contributed by atoms with Crippen LogP contribution in [0.15, 0.2) is 60.5 Å². The zero-order chi connectivity index (χ0) is 68.5. The van der Waals surface area contributed by atoms with Crippen molar-refractivity contribution in [2.75, 3.05) is 24.6 Å². The van der Waals surface area contributed by atoms with E-state index in [1.54, 1.807) is 58.2 Å². The van der Waals surface area contributed by atoms with Gasteiger partial charge in [-0.15, -0.1) is 0 Å². The molecule has 1 saturated heterocycles. The molecule has 506 valence electrons. The molecule has 37 heteroatoms. The first-order valence-electron chi connectivity index (χ1n) is 29.4. The van der Waals surface area contributed by atoms with Crippen molar-refractivity contribution in [3.63, 3.8) is 0 Å². The van der Waals surface area contributed by atoms with Gasteiger partial charge in [0.15, 0.2) is 5.96 Å². The first-order chi connectivity index (χ1) is 44.1. The van der Waals surface area contributed by atoms with Crippen LogP contribution in [0.4, 0.5) is 0 Å². The number of nitrogens with two attached hydrogens (primary N) is 4. The Labute approximate surface area is 540 Å². The van der Waals surface area contributed by atoms with Crippen molar-refractivity contribution < 1.29 is 72.5 Å². The lowest BCUT2D eigenvalue weighted by molar-refractivity contribution is -0.142. The SMILES string of the molecule is CC(C)[C@@H]1NC(=O)[C@H](C(C)C)NC(=O)[C@@H](N)CSSC[C@@H](C(=O)O)NC(=O)[C@H](CCCN=C(N)N)NC(=O)[C@H](Cc2cnc[nH]2)NC(=O)[C@H](Cc2cnc[nH]2)NC(=O)CNC(=O)[C@H](Cc2c[nH]c3ccccc23)NC(=O)[C@H](CC(=O)O)NC(=O)[C@H](CCC(N)=O)NC1=O. The molecule has 0 radical (unpaired) electrons. The first-order valence-corrected chi connectivity index (χ1v) is 31.9. The second kappa shape index (κ2) is 36.3. The van der Waals surface area contributed by atoms with Crippen LogP contribution < -0.4 is 76.1 Å². The zero-order valence-electron chi connectivity index (χ0n) is 51.3. The van der Waals surface area contributed by atoms with Gasteiger partial charge < -0.3 is 101 Å². The number of aromatic amines is 3. The minimum atomic E-state index is -1.99. The molecule has 93 heavy (non-hydrogen) atoms. The molecule has 5 rings (SSSR count). The quantitative estimate of drug-likeness (QED) is 0.0192. The van der Waals surface area contributed by atoms with Gasteiger partial charge in [0, 0.05) is 84.6 Å². The lowest BCUT2D eigenvalue weighted by Gasteiger charge is -2.29. The van der Waals surface area contributed by atoms with Gasteiger partial charge in [-0.05, 0) is 42.7 Å². The maximum Gasteiger partial charge on any atom is 0.327 e. The minimum Gasteiger partial charge on any atom is -0.481 e. The summed E-state index contributed by atoms with van der Waals surface area (Å²) < 4.78 is 0. The smallest absolute Gasteiger partial charge is 0.327 e. The van der Waals surface area contributed by atoms with Crippen LogP contribution in [0.1, 0.15) is 76.8 Å². The number of para-hydroxylation sites is 1. The predicted octanol–water partition coefficient (Wildman–Crippen LogP) is -4.97. The molecule has 1 aliphatic heterocycles. The van der Waals surface area contributed by atoms with Gasteiger partial charge in [0.25, 0.3) is 0 Å². The molecule has 4 heterocycles. The molecule has 1 aromatic carbocycles. The van der Waals surface area contributed by atoms with E-state index in [0.717, 1.165) is 21.6 Å². The fraction of sp³-hybridized carbons (Fsp3) is 0.500. The summed E-state index contributed by atoms with van der Waals surface area (Å²) in [4.78, 5) is 199. The van der Waals surface area contributed by atoms with Crippen molar-refractivity contribution in [1.82, 2.24) is 78.1 Å². The number of primary amides is 1. The summed E-state index contributed by atoms with van der Waals surface area (Å²) in [5.41, 5.74) is 24.4. The Morgan fingerprint density at radius 1 is 0.591 bits per heavy atom. The third kappa shape index (κ3) is 24.1. The van der Waals surface area contributed by atoms with E-state index in [1.165, 1.54) is 25.0 Å². The molecular weight excluding hydrogens is 1260 g/mol. The van der Waals surface area contributed by atoms with Gasteiger partial charge in [-0.2, -0.15) is 0 Å². The number of carboxylic acids is 2. The highest BCUT2D eigenvalue weighted by Crippen LogP contribution is 2.24. The zero-order valence-corrected chi connectivity index (χ0v) is 52.9. The number of nitrogens with one attached hydrogen (secondary N) is 13. The van der Waals surface area contributed by atoms with Crippen LogP contribution in [0.25, 0.3) is 10.9 Å². The summed E-state index contributed by atoms with van der Waals surface area (Å²) in [6.07, 6.45) is 3.73. The second-order valence-corrected chi connectivity index (χ2v) is 24.9. The van der Waals surface area contributed by atoms with E-state index < -0.39 is 175 Å². The van der Waals surface area contributed by atoms with Crippen molar-refractivity contribution in [2.45, 2.75) is 139 Å².